The summed E-state index contributed by atoms with van der Waals surface area (Å²) in [6.07, 6.45) is 5.00. The maximum absolute atomic E-state index is 13.7. The first-order valence-electron chi connectivity index (χ1n) is 6.75. The molecular formula is C14H19F2N3O2. The number of nitrogens with one attached hydrogen (secondary N) is 1. The van der Waals surface area contributed by atoms with Crippen LogP contribution in [0.2, 0.25) is 0 Å². The van der Waals surface area contributed by atoms with Crippen molar-refractivity contribution >= 4 is 12.2 Å². The third kappa shape index (κ3) is 6.20. The molecule has 1 aromatic carbocycles. The van der Waals surface area contributed by atoms with Gasteiger partial charge in [0, 0.05) is 11.6 Å². The number of rotatable bonds is 8. The number of carbonyl (C=O) groups is 1. The Labute approximate surface area is 122 Å². The van der Waals surface area contributed by atoms with Crippen molar-refractivity contribution in [2.75, 3.05) is 6.61 Å². The third-order valence-electron chi connectivity index (χ3n) is 2.66. The van der Waals surface area contributed by atoms with Crippen LogP contribution in [0.15, 0.2) is 17.2 Å². The van der Waals surface area contributed by atoms with Gasteiger partial charge in [-0.3, -0.25) is 0 Å². The van der Waals surface area contributed by atoms with Crippen LogP contribution in [0.25, 0.3) is 0 Å². The maximum atomic E-state index is 13.7. The monoisotopic (exact) mass is 299 g/mol. The van der Waals surface area contributed by atoms with E-state index >= 15 is 0 Å². The van der Waals surface area contributed by atoms with Gasteiger partial charge in [-0.25, -0.2) is 19.0 Å². The number of urea groups is 1. The van der Waals surface area contributed by atoms with E-state index in [1.165, 1.54) is 0 Å². The predicted molar refractivity (Wildman–Crippen MR) is 76.3 cm³/mol. The van der Waals surface area contributed by atoms with Gasteiger partial charge in [0.05, 0.1) is 12.8 Å². The summed E-state index contributed by atoms with van der Waals surface area (Å²) in [5, 5.41) is 3.48. The number of primary amides is 1. The van der Waals surface area contributed by atoms with E-state index in [1.807, 2.05) is 5.43 Å². The standard InChI is InChI=1S/C14H19F2N3O2/c1-2-3-4-5-6-21-13-10(9-18-19-14(17)20)7-11(15)8-12(13)16/h7-9H,2-6H2,1H3,(H3,17,19,20). The molecule has 0 aromatic heterocycles. The van der Waals surface area contributed by atoms with E-state index in [9.17, 15) is 13.6 Å². The highest BCUT2D eigenvalue weighted by molar-refractivity contribution is 5.84. The van der Waals surface area contributed by atoms with E-state index in [4.69, 9.17) is 10.5 Å². The Kier molecular flexibility index (Phi) is 7.14. The number of hydrogen-bond donors (Lipinski definition) is 2. The first-order chi connectivity index (χ1) is 10.0. The van der Waals surface area contributed by atoms with Gasteiger partial charge in [-0.15, -0.1) is 0 Å². The molecule has 0 aliphatic rings. The summed E-state index contributed by atoms with van der Waals surface area (Å²) >= 11 is 0. The molecule has 0 unspecified atom stereocenters. The number of nitrogens with two attached hydrogens (primary N) is 1. The number of hydrogen-bond acceptors (Lipinski definition) is 3. The van der Waals surface area contributed by atoms with Gasteiger partial charge in [0.2, 0.25) is 0 Å². The van der Waals surface area contributed by atoms with Crippen LogP contribution in [0, 0.1) is 11.6 Å². The topological polar surface area (TPSA) is 76.7 Å². The minimum atomic E-state index is -0.870. The molecule has 2 amide bonds. The van der Waals surface area contributed by atoms with Gasteiger partial charge in [0.15, 0.2) is 11.6 Å². The molecule has 0 aliphatic heterocycles. The van der Waals surface area contributed by atoms with Gasteiger partial charge in [-0.05, 0) is 12.5 Å². The van der Waals surface area contributed by atoms with Gasteiger partial charge < -0.3 is 10.5 Å². The fourth-order valence-electron chi connectivity index (χ4n) is 1.70. The Bertz CT molecular complexity index is 507. The smallest absolute Gasteiger partial charge is 0.332 e. The van der Waals surface area contributed by atoms with Crippen molar-refractivity contribution in [3.63, 3.8) is 0 Å². The van der Waals surface area contributed by atoms with Crippen molar-refractivity contribution in [3.05, 3.63) is 29.3 Å². The summed E-state index contributed by atoms with van der Waals surface area (Å²) < 4.78 is 32.3. The highest BCUT2D eigenvalue weighted by Gasteiger charge is 2.11. The zero-order chi connectivity index (χ0) is 15.7. The van der Waals surface area contributed by atoms with Gasteiger partial charge in [-0.1, -0.05) is 26.2 Å². The molecule has 0 bridgehead atoms. The molecule has 0 radical (unpaired) electrons. The number of unbranched alkanes of at least 4 members (excludes halogenated alkanes) is 3. The average molecular weight is 299 g/mol. The molecule has 1 rings (SSSR count). The molecule has 0 aliphatic carbocycles. The Morgan fingerprint density at radius 1 is 1.38 bits per heavy atom. The first-order valence-corrected chi connectivity index (χ1v) is 6.75. The van der Waals surface area contributed by atoms with Crippen molar-refractivity contribution < 1.29 is 18.3 Å². The van der Waals surface area contributed by atoms with E-state index in [2.05, 4.69) is 12.0 Å². The van der Waals surface area contributed by atoms with Crippen LogP contribution in [0.3, 0.4) is 0 Å². The number of nitrogens with zero attached hydrogens (tertiary/aromatic N) is 1. The first kappa shape index (κ1) is 16.9. The third-order valence-corrected chi connectivity index (χ3v) is 2.66. The van der Waals surface area contributed by atoms with E-state index in [1.54, 1.807) is 0 Å². The molecule has 116 valence electrons. The SMILES string of the molecule is CCCCCCOc1c(F)cc(F)cc1C=NNC(N)=O. The fraction of sp³-hybridized carbons (Fsp3) is 0.429. The molecule has 7 heteroatoms. The van der Waals surface area contributed by atoms with Crippen LogP contribution in [0.1, 0.15) is 38.2 Å². The largest absolute Gasteiger partial charge is 0.490 e. The van der Waals surface area contributed by atoms with Crippen LogP contribution in [-0.2, 0) is 0 Å². The molecule has 5 nitrogen and oxygen atoms in total. The minimum Gasteiger partial charge on any atom is -0.490 e. The van der Waals surface area contributed by atoms with Crippen molar-refractivity contribution in [1.82, 2.24) is 5.43 Å². The predicted octanol–water partition coefficient (Wildman–Crippen LogP) is 2.93. The second-order valence-electron chi connectivity index (χ2n) is 4.45. The minimum absolute atomic E-state index is 0.0942. The number of halogens is 2. The van der Waals surface area contributed by atoms with Crippen molar-refractivity contribution in [2.45, 2.75) is 32.6 Å². The van der Waals surface area contributed by atoms with Gasteiger partial charge in [-0.2, -0.15) is 5.10 Å². The summed E-state index contributed by atoms with van der Waals surface area (Å²) in [6, 6.07) is 0.932. The van der Waals surface area contributed by atoms with Gasteiger partial charge in [0.1, 0.15) is 5.82 Å². The van der Waals surface area contributed by atoms with Crippen LogP contribution < -0.4 is 15.9 Å². The quantitative estimate of drug-likeness (QED) is 0.440. The van der Waals surface area contributed by atoms with E-state index in [0.717, 1.165) is 44.0 Å². The zero-order valence-electron chi connectivity index (χ0n) is 11.9. The van der Waals surface area contributed by atoms with Crippen LogP contribution in [-0.4, -0.2) is 18.9 Å². The zero-order valence-corrected chi connectivity index (χ0v) is 11.9. The molecule has 0 saturated carbocycles. The summed E-state index contributed by atoms with van der Waals surface area (Å²) in [6.45, 7) is 2.41. The lowest BCUT2D eigenvalue weighted by molar-refractivity contribution is 0.249. The number of carbonyl (C=O) groups excluding carboxylic acids is 1. The molecule has 0 fully saturated rings. The fourth-order valence-corrected chi connectivity index (χ4v) is 1.70. The highest BCUT2D eigenvalue weighted by atomic mass is 19.1. The van der Waals surface area contributed by atoms with E-state index < -0.39 is 17.7 Å². The molecule has 3 N–H and O–H groups in total. The van der Waals surface area contributed by atoms with Crippen molar-refractivity contribution in [3.8, 4) is 5.75 Å². The lowest BCUT2D eigenvalue weighted by atomic mass is 10.2. The summed E-state index contributed by atoms with van der Waals surface area (Å²) in [5.41, 5.74) is 6.88. The lowest BCUT2D eigenvalue weighted by Crippen LogP contribution is -2.24. The number of amides is 2. The Hall–Kier alpha value is -2.18. The molecular weight excluding hydrogens is 280 g/mol. The number of ether oxygens (including phenoxy) is 1. The Morgan fingerprint density at radius 2 is 2.14 bits per heavy atom. The van der Waals surface area contributed by atoms with Crippen LogP contribution >= 0.6 is 0 Å². The Balaban J connectivity index is 2.75. The maximum Gasteiger partial charge on any atom is 0.332 e. The number of benzene rings is 1. The summed E-state index contributed by atoms with van der Waals surface area (Å²) in [7, 11) is 0. The van der Waals surface area contributed by atoms with Crippen molar-refractivity contribution in [1.29, 1.82) is 0 Å². The lowest BCUT2D eigenvalue weighted by Gasteiger charge is -2.10. The van der Waals surface area contributed by atoms with Gasteiger partial charge in [0.25, 0.3) is 0 Å². The molecule has 0 atom stereocenters. The molecule has 1 aromatic rings. The normalized spacial score (nSPS) is 10.8. The van der Waals surface area contributed by atoms with Crippen LogP contribution in [0.5, 0.6) is 5.75 Å². The number of hydrazone groups is 1. The highest BCUT2D eigenvalue weighted by Crippen LogP contribution is 2.23. The van der Waals surface area contributed by atoms with E-state index in [0.29, 0.717) is 6.61 Å². The molecule has 0 spiro atoms. The molecule has 0 saturated heterocycles. The van der Waals surface area contributed by atoms with Crippen LogP contribution in [0.4, 0.5) is 13.6 Å². The molecule has 0 heterocycles. The summed E-state index contributed by atoms with van der Waals surface area (Å²) in [5.74, 6) is -1.67. The Morgan fingerprint density at radius 3 is 2.81 bits per heavy atom. The van der Waals surface area contributed by atoms with Gasteiger partial charge >= 0.3 is 6.03 Å². The second-order valence-corrected chi connectivity index (χ2v) is 4.45. The summed E-state index contributed by atoms with van der Waals surface area (Å²) in [4.78, 5) is 10.5. The van der Waals surface area contributed by atoms with E-state index in [-0.39, 0.29) is 11.3 Å². The molecule has 21 heavy (non-hydrogen) atoms. The average Bonchev–Trinajstić information content (AvgIpc) is 2.40. The van der Waals surface area contributed by atoms with Crippen molar-refractivity contribution in [2.24, 2.45) is 10.8 Å². The second kappa shape index (κ2) is 8.89.